The minimum absolute atomic E-state index is 0.711. The van der Waals surface area contributed by atoms with E-state index in [-0.39, 0.29) is 0 Å². The van der Waals surface area contributed by atoms with Crippen molar-refractivity contribution in [1.29, 1.82) is 0 Å². The highest BCUT2D eigenvalue weighted by Gasteiger charge is 2.04. The van der Waals surface area contributed by atoms with Crippen molar-refractivity contribution in [3.05, 3.63) is 47.6 Å². The fourth-order valence-electron chi connectivity index (χ4n) is 1.81. The molecule has 0 saturated carbocycles. The Morgan fingerprint density at radius 2 is 2.20 bits per heavy atom. The van der Waals surface area contributed by atoms with Crippen LogP contribution >= 0.6 is 0 Å². The zero-order valence-corrected chi connectivity index (χ0v) is 10.2. The largest absolute Gasteiger partial charge is 0.0998 e. The second kappa shape index (κ2) is 5.75. The molecule has 0 saturated heterocycles. The van der Waals surface area contributed by atoms with Crippen LogP contribution in [0.15, 0.2) is 47.6 Å². The standard InChI is InChI=1S/C15H22/c1-5-14-7-6-8-15(11-12(2)3)13(4)9-10-14/h6,8-10,14H,2,5,7,11H2,1,3-4H3/b8-6?,10-9?,15-13+. The van der Waals surface area contributed by atoms with Crippen LogP contribution in [0.25, 0.3) is 0 Å². The average molecular weight is 202 g/mol. The van der Waals surface area contributed by atoms with E-state index in [1.165, 1.54) is 29.6 Å². The number of allylic oxidation sites excluding steroid dienone is 7. The summed E-state index contributed by atoms with van der Waals surface area (Å²) in [6.45, 7) is 10.5. The van der Waals surface area contributed by atoms with Crippen molar-refractivity contribution < 1.29 is 0 Å². The normalized spacial score (nSPS) is 26.2. The van der Waals surface area contributed by atoms with Gasteiger partial charge in [0.15, 0.2) is 0 Å². The lowest BCUT2D eigenvalue weighted by molar-refractivity contribution is 0.636. The van der Waals surface area contributed by atoms with Crippen molar-refractivity contribution in [3.63, 3.8) is 0 Å². The van der Waals surface area contributed by atoms with Crippen molar-refractivity contribution in [1.82, 2.24) is 0 Å². The van der Waals surface area contributed by atoms with Crippen LogP contribution in [0.3, 0.4) is 0 Å². The summed E-state index contributed by atoms with van der Waals surface area (Å²) >= 11 is 0. The van der Waals surface area contributed by atoms with Crippen LogP contribution in [0.1, 0.15) is 40.0 Å². The molecule has 82 valence electrons. The first-order chi connectivity index (χ1) is 7.13. The monoisotopic (exact) mass is 202 g/mol. The van der Waals surface area contributed by atoms with Crippen molar-refractivity contribution in [2.24, 2.45) is 5.92 Å². The van der Waals surface area contributed by atoms with Gasteiger partial charge in [0.2, 0.25) is 0 Å². The third kappa shape index (κ3) is 3.91. The molecule has 0 amide bonds. The van der Waals surface area contributed by atoms with Crippen LogP contribution in [0.2, 0.25) is 0 Å². The maximum Gasteiger partial charge on any atom is -0.00701 e. The summed E-state index contributed by atoms with van der Waals surface area (Å²) in [5.74, 6) is 0.711. The van der Waals surface area contributed by atoms with Crippen molar-refractivity contribution in [2.75, 3.05) is 0 Å². The Balaban J connectivity index is 2.86. The molecule has 0 aromatic carbocycles. The molecule has 0 aromatic heterocycles. The van der Waals surface area contributed by atoms with E-state index >= 15 is 0 Å². The summed E-state index contributed by atoms with van der Waals surface area (Å²) in [7, 11) is 0. The van der Waals surface area contributed by atoms with Gasteiger partial charge in [0, 0.05) is 0 Å². The molecule has 1 atom stereocenters. The van der Waals surface area contributed by atoms with Gasteiger partial charge < -0.3 is 0 Å². The summed E-state index contributed by atoms with van der Waals surface area (Å²) in [6.07, 6.45) is 12.6. The van der Waals surface area contributed by atoms with Crippen LogP contribution in [0.4, 0.5) is 0 Å². The first kappa shape index (κ1) is 12.0. The molecule has 15 heavy (non-hydrogen) atoms. The van der Waals surface area contributed by atoms with E-state index in [2.05, 4.69) is 51.7 Å². The van der Waals surface area contributed by atoms with Gasteiger partial charge in [0.1, 0.15) is 0 Å². The smallest absolute Gasteiger partial charge is 0.00701 e. The van der Waals surface area contributed by atoms with Gasteiger partial charge in [-0.05, 0) is 50.2 Å². The van der Waals surface area contributed by atoms with Gasteiger partial charge in [0.25, 0.3) is 0 Å². The summed E-state index contributed by atoms with van der Waals surface area (Å²) < 4.78 is 0. The Labute approximate surface area is 94.1 Å². The fourth-order valence-corrected chi connectivity index (χ4v) is 1.81. The van der Waals surface area contributed by atoms with Gasteiger partial charge >= 0.3 is 0 Å². The molecule has 1 aliphatic rings. The molecule has 0 fully saturated rings. The molecule has 0 N–H and O–H groups in total. The lowest BCUT2D eigenvalue weighted by atomic mass is 9.94. The van der Waals surface area contributed by atoms with Gasteiger partial charge in [-0.15, -0.1) is 0 Å². The Morgan fingerprint density at radius 3 is 2.80 bits per heavy atom. The van der Waals surface area contributed by atoms with Gasteiger partial charge in [-0.3, -0.25) is 0 Å². The second-order valence-corrected chi connectivity index (χ2v) is 4.51. The van der Waals surface area contributed by atoms with E-state index in [0.717, 1.165) is 6.42 Å². The van der Waals surface area contributed by atoms with E-state index in [1.54, 1.807) is 0 Å². The fraction of sp³-hybridized carbons (Fsp3) is 0.467. The average Bonchev–Trinajstić information content (AvgIpc) is 2.17. The first-order valence-corrected chi connectivity index (χ1v) is 5.82. The summed E-state index contributed by atoms with van der Waals surface area (Å²) in [5, 5.41) is 0. The molecular formula is C15H22. The van der Waals surface area contributed by atoms with Crippen LogP contribution in [-0.4, -0.2) is 0 Å². The lowest BCUT2D eigenvalue weighted by Crippen LogP contribution is -1.95. The van der Waals surface area contributed by atoms with Gasteiger partial charge in [0.05, 0.1) is 0 Å². The molecule has 0 spiro atoms. The predicted molar refractivity (Wildman–Crippen MR) is 68.8 cm³/mol. The van der Waals surface area contributed by atoms with E-state index in [0.29, 0.717) is 5.92 Å². The van der Waals surface area contributed by atoms with E-state index < -0.39 is 0 Å². The zero-order valence-electron chi connectivity index (χ0n) is 10.2. The predicted octanol–water partition coefficient (Wildman–Crippen LogP) is 4.81. The molecule has 0 heterocycles. The summed E-state index contributed by atoms with van der Waals surface area (Å²) in [4.78, 5) is 0. The van der Waals surface area contributed by atoms with Crippen LogP contribution < -0.4 is 0 Å². The molecule has 0 nitrogen and oxygen atoms in total. The van der Waals surface area contributed by atoms with Gasteiger partial charge in [-0.2, -0.15) is 0 Å². The molecule has 1 unspecified atom stereocenters. The van der Waals surface area contributed by atoms with Crippen LogP contribution in [0.5, 0.6) is 0 Å². The first-order valence-electron chi connectivity index (χ1n) is 5.82. The van der Waals surface area contributed by atoms with Gasteiger partial charge in [-0.25, -0.2) is 0 Å². The Hall–Kier alpha value is -1.04. The molecule has 0 radical (unpaired) electrons. The maximum absolute atomic E-state index is 3.98. The number of hydrogen-bond donors (Lipinski definition) is 0. The molecular weight excluding hydrogens is 180 g/mol. The number of rotatable bonds is 3. The molecule has 1 aliphatic carbocycles. The Morgan fingerprint density at radius 1 is 1.47 bits per heavy atom. The SMILES string of the molecule is C=C(C)C/C1=C(\C)C=CC(CC)CC=C1. The third-order valence-electron chi connectivity index (χ3n) is 2.90. The Bertz CT molecular complexity index is 313. The van der Waals surface area contributed by atoms with Crippen molar-refractivity contribution in [3.8, 4) is 0 Å². The molecule has 0 heteroatoms. The highest BCUT2D eigenvalue weighted by atomic mass is 14.1. The van der Waals surface area contributed by atoms with E-state index in [1.807, 2.05) is 0 Å². The Kier molecular flexibility index (Phi) is 4.61. The van der Waals surface area contributed by atoms with Gasteiger partial charge in [-0.1, -0.05) is 43.4 Å². The minimum Gasteiger partial charge on any atom is -0.0998 e. The second-order valence-electron chi connectivity index (χ2n) is 4.51. The quantitative estimate of drug-likeness (QED) is 0.576. The highest BCUT2D eigenvalue weighted by Crippen LogP contribution is 2.22. The minimum atomic E-state index is 0.711. The third-order valence-corrected chi connectivity index (χ3v) is 2.90. The van der Waals surface area contributed by atoms with E-state index in [9.17, 15) is 0 Å². The van der Waals surface area contributed by atoms with E-state index in [4.69, 9.17) is 0 Å². The molecule has 1 rings (SSSR count). The molecule has 0 aromatic rings. The lowest BCUT2D eigenvalue weighted by Gasteiger charge is -2.12. The summed E-state index contributed by atoms with van der Waals surface area (Å²) in [6, 6.07) is 0. The maximum atomic E-state index is 3.98. The van der Waals surface area contributed by atoms with Crippen molar-refractivity contribution in [2.45, 2.75) is 40.0 Å². The van der Waals surface area contributed by atoms with Crippen LogP contribution in [0, 0.1) is 5.92 Å². The zero-order chi connectivity index (χ0) is 11.3. The summed E-state index contributed by atoms with van der Waals surface area (Å²) in [5.41, 5.74) is 4.02. The molecule has 0 aliphatic heterocycles. The number of hydrogen-bond acceptors (Lipinski definition) is 0. The molecule has 0 bridgehead atoms. The topological polar surface area (TPSA) is 0 Å². The van der Waals surface area contributed by atoms with Crippen LogP contribution in [-0.2, 0) is 0 Å². The highest BCUT2D eigenvalue weighted by molar-refractivity contribution is 5.35. The van der Waals surface area contributed by atoms with Crippen molar-refractivity contribution >= 4 is 0 Å².